The Morgan fingerprint density at radius 3 is 3.22 bits per heavy atom. The van der Waals surface area contributed by atoms with E-state index in [0.717, 1.165) is 6.42 Å². The summed E-state index contributed by atoms with van der Waals surface area (Å²) < 4.78 is 5.19. The fourth-order valence-electron chi connectivity index (χ4n) is 1.69. The van der Waals surface area contributed by atoms with Crippen molar-refractivity contribution in [3.8, 4) is 11.8 Å². The molecule has 0 bridgehead atoms. The standard InChI is InChI=1S/C13H14N2O3/c16-4-1-2-10-6-11(8-14-7-10)13(17)15-12-3-5-18-9-12/h6-8,12,16H,3-5,9H2,(H,15,17). The van der Waals surface area contributed by atoms with Crippen molar-refractivity contribution in [2.24, 2.45) is 0 Å². The van der Waals surface area contributed by atoms with Gasteiger partial charge < -0.3 is 15.2 Å². The second kappa shape index (κ2) is 6.15. The summed E-state index contributed by atoms with van der Waals surface area (Å²) in [7, 11) is 0. The Kier molecular flexibility index (Phi) is 4.29. The zero-order chi connectivity index (χ0) is 12.8. The average molecular weight is 246 g/mol. The lowest BCUT2D eigenvalue weighted by atomic mass is 10.2. The van der Waals surface area contributed by atoms with Crippen molar-refractivity contribution in [2.75, 3.05) is 19.8 Å². The molecule has 0 saturated carbocycles. The van der Waals surface area contributed by atoms with E-state index in [2.05, 4.69) is 22.1 Å². The van der Waals surface area contributed by atoms with Gasteiger partial charge in [0.15, 0.2) is 0 Å². The van der Waals surface area contributed by atoms with Gasteiger partial charge in [-0.05, 0) is 12.5 Å². The number of aromatic nitrogens is 1. The molecule has 0 aliphatic carbocycles. The maximum atomic E-state index is 11.9. The Labute approximate surface area is 105 Å². The molecular formula is C13H14N2O3. The van der Waals surface area contributed by atoms with Crippen molar-refractivity contribution in [1.29, 1.82) is 0 Å². The highest BCUT2D eigenvalue weighted by Crippen LogP contribution is 2.06. The number of carbonyl (C=O) groups excluding carboxylic acids is 1. The number of nitrogens with zero attached hydrogens (tertiary/aromatic N) is 1. The number of aliphatic hydroxyl groups excluding tert-OH is 1. The molecule has 1 unspecified atom stereocenters. The van der Waals surface area contributed by atoms with Crippen LogP contribution < -0.4 is 5.32 Å². The van der Waals surface area contributed by atoms with Crippen LogP contribution in [0.1, 0.15) is 22.3 Å². The normalized spacial score (nSPS) is 17.9. The number of carbonyl (C=O) groups is 1. The Balaban J connectivity index is 2.05. The molecule has 1 aromatic heterocycles. The molecule has 1 fully saturated rings. The molecule has 0 aromatic carbocycles. The average Bonchev–Trinajstić information content (AvgIpc) is 2.89. The molecule has 1 amide bonds. The van der Waals surface area contributed by atoms with Gasteiger partial charge in [0, 0.05) is 24.6 Å². The third-order valence-corrected chi connectivity index (χ3v) is 2.58. The molecule has 1 aliphatic heterocycles. The van der Waals surface area contributed by atoms with Crippen LogP contribution in [0.25, 0.3) is 0 Å². The van der Waals surface area contributed by atoms with Gasteiger partial charge in [0.2, 0.25) is 0 Å². The number of pyridine rings is 1. The van der Waals surface area contributed by atoms with Gasteiger partial charge in [0.25, 0.3) is 5.91 Å². The van der Waals surface area contributed by atoms with Crippen LogP contribution in [0.4, 0.5) is 0 Å². The van der Waals surface area contributed by atoms with Crippen molar-refractivity contribution >= 4 is 5.91 Å². The van der Waals surface area contributed by atoms with Crippen LogP contribution in [0.15, 0.2) is 18.5 Å². The number of nitrogens with one attached hydrogen (secondary N) is 1. The van der Waals surface area contributed by atoms with Crippen molar-refractivity contribution in [1.82, 2.24) is 10.3 Å². The number of rotatable bonds is 2. The van der Waals surface area contributed by atoms with Crippen LogP contribution in [0, 0.1) is 11.8 Å². The topological polar surface area (TPSA) is 71.5 Å². The first-order valence-corrected chi connectivity index (χ1v) is 5.73. The first-order valence-electron chi connectivity index (χ1n) is 5.73. The van der Waals surface area contributed by atoms with Gasteiger partial charge in [0.1, 0.15) is 6.61 Å². The number of amides is 1. The van der Waals surface area contributed by atoms with Gasteiger partial charge in [-0.15, -0.1) is 0 Å². The molecule has 94 valence electrons. The van der Waals surface area contributed by atoms with E-state index >= 15 is 0 Å². The Bertz CT molecular complexity index is 484. The van der Waals surface area contributed by atoms with E-state index < -0.39 is 0 Å². The fourth-order valence-corrected chi connectivity index (χ4v) is 1.69. The highest BCUT2D eigenvalue weighted by molar-refractivity contribution is 5.94. The molecule has 18 heavy (non-hydrogen) atoms. The predicted octanol–water partition coefficient (Wildman–Crippen LogP) is -0.0559. The lowest BCUT2D eigenvalue weighted by Gasteiger charge is -2.10. The summed E-state index contributed by atoms with van der Waals surface area (Å²) in [6.07, 6.45) is 3.89. The lowest BCUT2D eigenvalue weighted by molar-refractivity contribution is 0.0929. The minimum atomic E-state index is -0.212. The summed E-state index contributed by atoms with van der Waals surface area (Å²) in [6, 6.07) is 1.73. The summed E-state index contributed by atoms with van der Waals surface area (Å²) in [5.41, 5.74) is 1.08. The first kappa shape index (κ1) is 12.6. The number of hydrogen-bond donors (Lipinski definition) is 2. The Hall–Kier alpha value is -1.90. The first-order chi connectivity index (χ1) is 8.79. The van der Waals surface area contributed by atoms with E-state index in [1.807, 2.05) is 0 Å². The van der Waals surface area contributed by atoms with Crippen LogP contribution in [0.2, 0.25) is 0 Å². The summed E-state index contributed by atoms with van der Waals surface area (Å²) in [5, 5.41) is 11.5. The third-order valence-electron chi connectivity index (χ3n) is 2.58. The molecule has 1 aromatic rings. The van der Waals surface area contributed by atoms with E-state index in [4.69, 9.17) is 9.84 Å². The highest BCUT2D eigenvalue weighted by atomic mass is 16.5. The molecule has 2 rings (SSSR count). The predicted molar refractivity (Wildman–Crippen MR) is 64.9 cm³/mol. The zero-order valence-electron chi connectivity index (χ0n) is 9.85. The fraction of sp³-hybridized carbons (Fsp3) is 0.385. The second-order valence-corrected chi connectivity index (χ2v) is 3.96. The van der Waals surface area contributed by atoms with Crippen LogP contribution in [-0.4, -0.2) is 41.9 Å². The van der Waals surface area contributed by atoms with Crippen LogP contribution in [0.5, 0.6) is 0 Å². The Morgan fingerprint density at radius 2 is 2.50 bits per heavy atom. The van der Waals surface area contributed by atoms with Crippen LogP contribution in [0.3, 0.4) is 0 Å². The highest BCUT2D eigenvalue weighted by Gasteiger charge is 2.18. The van der Waals surface area contributed by atoms with E-state index in [1.54, 1.807) is 12.3 Å². The van der Waals surface area contributed by atoms with Gasteiger partial charge in [-0.1, -0.05) is 11.8 Å². The lowest BCUT2D eigenvalue weighted by Crippen LogP contribution is -2.35. The zero-order valence-corrected chi connectivity index (χ0v) is 9.85. The number of aliphatic hydroxyl groups is 1. The molecular weight excluding hydrogens is 232 g/mol. The minimum absolute atomic E-state index is 0.0738. The van der Waals surface area contributed by atoms with E-state index in [0.29, 0.717) is 24.3 Å². The summed E-state index contributed by atoms with van der Waals surface area (Å²) in [4.78, 5) is 15.9. The molecule has 2 heterocycles. The molecule has 0 spiro atoms. The maximum Gasteiger partial charge on any atom is 0.253 e. The smallest absolute Gasteiger partial charge is 0.253 e. The molecule has 0 radical (unpaired) electrons. The van der Waals surface area contributed by atoms with Gasteiger partial charge in [-0.3, -0.25) is 9.78 Å². The monoisotopic (exact) mass is 246 g/mol. The van der Waals surface area contributed by atoms with Gasteiger partial charge in [0.05, 0.1) is 18.2 Å². The summed E-state index contributed by atoms with van der Waals surface area (Å²) >= 11 is 0. The van der Waals surface area contributed by atoms with Crippen molar-refractivity contribution in [3.63, 3.8) is 0 Å². The molecule has 1 atom stereocenters. The summed E-state index contributed by atoms with van der Waals surface area (Å²) in [5.74, 6) is 5.06. The maximum absolute atomic E-state index is 11.9. The molecule has 5 nitrogen and oxygen atoms in total. The van der Waals surface area contributed by atoms with E-state index in [1.165, 1.54) is 6.20 Å². The van der Waals surface area contributed by atoms with Crippen LogP contribution in [-0.2, 0) is 4.74 Å². The largest absolute Gasteiger partial charge is 0.384 e. The quantitative estimate of drug-likeness (QED) is 0.717. The SMILES string of the molecule is O=C(NC1CCOC1)c1cncc(C#CCO)c1. The van der Waals surface area contributed by atoms with Crippen LogP contribution >= 0.6 is 0 Å². The van der Waals surface area contributed by atoms with Gasteiger partial charge in [-0.25, -0.2) is 0 Å². The number of hydrogen-bond acceptors (Lipinski definition) is 4. The molecule has 5 heteroatoms. The molecule has 1 saturated heterocycles. The third kappa shape index (κ3) is 3.29. The second-order valence-electron chi connectivity index (χ2n) is 3.96. The van der Waals surface area contributed by atoms with Crippen molar-refractivity contribution in [3.05, 3.63) is 29.6 Å². The van der Waals surface area contributed by atoms with E-state index in [-0.39, 0.29) is 18.6 Å². The summed E-state index contributed by atoms with van der Waals surface area (Å²) in [6.45, 7) is 1.03. The molecule has 2 N–H and O–H groups in total. The van der Waals surface area contributed by atoms with Gasteiger partial charge in [-0.2, -0.15) is 0 Å². The Morgan fingerprint density at radius 1 is 1.61 bits per heavy atom. The van der Waals surface area contributed by atoms with Crippen molar-refractivity contribution < 1.29 is 14.6 Å². The number of ether oxygens (including phenoxy) is 1. The van der Waals surface area contributed by atoms with E-state index in [9.17, 15) is 4.79 Å². The molecule has 1 aliphatic rings. The van der Waals surface area contributed by atoms with Crippen molar-refractivity contribution in [2.45, 2.75) is 12.5 Å². The van der Waals surface area contributed by atoms with Gasteiger partial charge >= 0.3 is 0 Å². The minimum Gasteiger partial charge on any atom is -0.384 e.